The Labute approximate surface area is 192 Å². The molecule has 1 aliphatic heterocycles. The average Bonchev–Trinajstić information content (AvgIpc) is 3.08. The quantitative estimate of drug-likeness (QED) is 0.297. The highest BCUT2D eigenvalue weighted by atomic mass is 32.2. The number of hydrogen-bond acceptors (Lipinski definition) is 7. The average molecular weight is 496 g/mol. The maximum absolute atomic E-state index is 12.8. The minimum absolute atomic E-state index is 0.00253. The Hall–Kier alpha value is -2.01. The van der Waals surface area contributed by atoms with Gasteiger partial charge in [-0.1, -0.05) is 33.8 Å². The minimum Gasteiger partial charge on any atom is -0.493 e. The summed E-state index contributed by atoms with van der Waals surface area (Å²) in [5.41, 5.74) is 1.38. The second-order valence-corrected chi connectivity index (χ2v) is 10.7. The summed E-state index contributed by atoms with van der Waals surface area (Å²) >= 11 is 0. The molecule has 1 fully saturated rings. The van der Waals surface area contributed by atoms with Gasteiger partial charge in [0.1, 0.15) is 6.10 Å². The van der Waals surface area contributed by atoms with Crippen LogP contribution in [0, 0.1) is 23.7 Å². The van der Waals surface area contributed by atoms with Crippen molar-refractivity contribution in [1.29, 1.82) is 0 Å². The van der Waals surface area contributed by atoms with Gasteiger partial charge in [-0.05, 0) is 54.7 Å². The molecule has 0 bridgehead atoms. The smallest absolute Gasteiger partial charge is 0.493 e. The van der Waals surface area contributed by atoms with Gasteiger partial charge in [0.25, 0.3) is 0 Å². The van der Waals surface area contributed by atoms with E-state index in [0.29, 0.717) is 24.8 Å². The second-order valence-electron chi connectivity index (χ2n) is 9.14. The van der Waals surface area contributed by atoms with Crippen LogP contribution in [0.4, 0.5) is 13.2 Å². The number of methoxy groups -OCH3 is 1. The topological polar surface area (TPSA) is 105 Å². The molecule has 2 N–H and O–H groups in total. The maximum atomic E-state index is 12.8. The third kappa shape index (κ3) is 6.75. The molecule has 188 valence electrons. The summed E-state index contributed by atoms with van der Waals surface area (Å²) in [7, 11) is -4.64. The lowest BCUT2D eigenvalue weighted by atomic mass is 9.82. The maximum Gasteiger partial charge on any atom is 0.534 e. The molecule has 1 aromatic rings. The predicted molar refractivity (Wildman–Crippen MR) is 116 cm³/mol. The lowest BCUT2D eigenvalue weighted by molar-refractivity contribution is -0.146. The van der Waals surface area contributed by atoms with E-state index < -0.39 is 33.5 Å². The molecule has 1 aromatic carbocycles. The Bertz CT molecular complexity index is 933. The van der Waals surface area contributed by atoms with Gasteiger partial charge in [-0.25, -0.2) is 0 Å². The van der Waals surface area contributed by atoms with E-state index in [4.69, 9.17) is 15.2 Å². The van der Waals surface area contributed by atoms with Gasteiger partial charge < -0.3 is 19.4 Å². The van der Waals surface area contributed by atoms with E-state index >= 15 is 0 Å². The fraction of sp³-hybridized carbons (Fsp3) is 0.682. The van der Waals surface area contributed by atoms with Gasteiger partial charge in [0.15, 0.2) is 11.5 Å². The van der Waals surface area contributed by atoms with Crippen LogP contribution in [-0.2, 0) is 26.1 Å². The number of hydrogen-bond donors (Lipinski definition) is 1. The fourth-order valence-electron chi connectivity index (χ4n) is 3.91. The highest BCUT2D eigenvalue weighted by molar-refractivity contribution is 7.88. The van der Waals surface area contributed by atoms with E-state index in [9.17, 15) is 26.4 Å². The molecule has 7 nitrogen and oxygen atoms in total. The van der Waals surface area contributed by atoms with Crippen LogP contribution in [0.15, 0.2) is 18.2 Å². The molecule has 1 saturated heterocycles. The van der Waals surface area contributed by atoms with Crippen LogP contribution in [0.1, 0.15) is 46.1 Å². The summed E-state index contributed by atoms with van der Waals surface area (Å²) in [4.78, 5) is 12.1. The van der Waals surface area contributed by atoms with Crippen molar-refractivity contribution in [2.24, 2.45) is 29.4 Å². The molecule has 0 spiro atoms. The van der Waals surface area contributed by atoms with Crippen LogP contribution in [-0.4, -0.2) is 39.2 Å². The molecular formula is C22H32F3NO6S. The monoisotopic (exact) mass is 495 g/mol. The second kappa shape index (κ2) is 10.5. The number of esters is 1. The summed E-state index contributed by atoms with van der Waals surface area (Å²) in [6.07, 6.45) is 1.09. The summed E-state index contributed by atoms with van der Waals surface area (Å²) < 4.78 is 76.0. The van der Waals surface area contributed by atoms with Crippen molar-refractivity contribution >= 4 is 16.1 Å². The number of rotatable bonds is 10. The highest BCUT2D eigenvalue weighted by Crippen LogP contribution is 2.36. The zero-order valence-electron chi connectivity index (χ0n) is 19.4. The minimum atomic E-state index is -5.84. The van der Waals surface area contributed by atoms with Gasteiger partial charge in [0.2, 0.25) is 0 Å². The molecule has 0 saturated carbocycles. The Kier molecular flexibility index (Phi) is 8.67. The van der Waals surface area contributed by atoms with E-state index in [0.717, 1.165) is 0 Å². The molecule has 0 radical (unpaired) electrons. The third-order valence-electron chi connectivity index (χ3n) is 6.07. The molecule has 0 aromatic heterocycles. The first-order valence-electron chi connectivity index (χ1n) is 10.8. The van der Waals surface area contributed by atoms with Crippen molar-refractivity contribution in [3.8, 4) is 11.5 Å². The molecule has 33 heavy (non-hydrogen) atoms. The van der Waals surface area contributed by atoms with Crippen molar-refractivity contribution in [2.45, 2.75) is 64.6 Å². The van der Waals surface area contributed by atoms with E-state index in [1.54, 1.807) is 6.07 Å². The summed E-state index contributed by atoms with van der Waals surface area (Å²) in [6.45, 7) is 7.90. The number of benzene rings is 1. The fourth-order valence-corrected chi connectivity index (χ4v) is 4.37. The zero-order chi connectivity index (χ0) is 25.1. The molecule has 0 amide bonds. The number of alkyl halides is 3. The predicted octanol–water partition coefficient (Wildman–Crippen LogP) is 4.04. The van der Waals surface area contributed by atoms with Crippen molar-refractivity contribution in [3.63, 3.8) is 0 Å². The van der Waals surface area contributed by atoms with Crippen molar-refractivity contribution < 1.29 is 40.0 Å². The lowest BCUT2D eigenvalue weighted by Crippen LogP contribution is -2.37. The number of nitrogens with two attached hydrogens (primary N) is 1. The van der Waals surface area contributed by atoms with Crippen LogP contribution in [0.5, 0.6) is 11.5 Å². The van der Waals surface area contributed by atoms with Crippen LogP contribution in [0.2, 0.25) is 0 Å². The van der Waals surface area contributed by atoms with Gasteiger partial charge >= 0.3 is 21.6 Å². The van der Waals surface area contributed by atoms with Crippen LogP contribution < -0.4 is 14.7 Å². The van der Waals surface area contributed by atoms with Crippen LogP contribution in [0.3, 0.4) is 0 Å². The van der Waals surface area contributed by atoms with Gasteiger partial charge in [-0.15, -0.1) is 0 Å². The zero-order valence-corrected chi connectivity index (χ0v) is 20.2. The van der Waals surface area contributed by atoms with Crippen molar-refractivity contribution in [3.05, 3.63) is 23.8 Å². The SMILES string of the molecule is COc1ccc(C[C@@H](C[C@H](N)C2CC(C(C)C)C(=O)O2)C(C)C)cc1OS(=O)(=O)C(F)(F)F. The van der Waals surface area contributed by atoms with Gasteiger partial charge in [0.05, 0.1) is 13.0 Å². The Balaban J connectivity index is 2.18. The normalized spacial score (nSPS) is 21.2. The number of cyclic esters (lactones) is 1. The van der Waals surface area contributed by atoms with Gasteiger partial charge in [0, 0.05) is 6.04 Å². The van der Waals surface area contributed by atoms with E-state index in [1.807, 2.05) is 27.7 Å². The Morgan fingerprint density at radius 2 is 1.82 bits per heavy atom. The summed E-state index contributed by atoms with van der Waals surface area (Å²) in [5, 5.41) is 0. The number of halogens is 3. The molecule has 1 heterocycles. The van der Waals surface area contributed by atoms with Crippen LogP contribution >= 0.6 is 0 Å². The molecule has 2 rings (SSSR count). The van der Waals surface area contributed by atoms with E-state index in [2.05, 4.69) is 4.18 Å². The number of carbonyl (C=O) groups excluding carboxylic acids is 1. The summed E-state index contributed by atoms with van der Waals surface area (Å²) in [5.74, 6) is -0.798. The highest BCUT2D eigenvalue weighted by Gasteiger charge is 2.49. The first-order chi connectivity index (χ1) is 15.2. The van der Waals surface area contributed by atoms with Crippen molar-refractivity contribution in [1.82, 2.24) is 0 Å². The van der Waals surface area contributed by atoms with Crippen molar-refractivity contribution in [2.75, 3.05) is 7.11 Å². The van der Waals surface area contributed by atoms with E-state index in [1.165, 1.54) is 19.2 Å². The molecular weight excluding hydrogens is 463 g/mol. The lowest BCUT2D eigenvalue weighted by Gasteiger charge is -2.27. The molecule has 0 aliphatic carbocycles. The first-order valence-corrected chi connectivity index (χ1v) is 12.2. The largest absolute Gasteiger partial charge is 0.534 e. The molecule has 1 aliphatic rings. The number of ether oxygens (including phenoxy) is 2. The van der Waals surface area contributed by atoms with E-state index in [-0.39, 0.29) is 35.4 Å². The molecule has 11 heteroatoms. The molecule has 2 unspecified atom stereocenters. The molecule has 4 atom stereocenters. The van der Waals surface area contributed by atoms with Gasteiger partial charge in [-0.2, -0.15) is 21.6 Å². The van der Waals surface area contributed by atoms with Crippen LogP contribution in [0.25, 0.3) is 0 Å². The standard InChI is InChI=1S/C22H32F3NO6S/c1-12(2)15(10-17(26)19-11-16(13(3)4)21(27)31-19)8-14-6-7-18(30-5)20(9-14)32-33(28,29)22(23,24)25/h6-7,9,12-13,15-17,19H,8,10-11,26H2,1-5H3/t15-,16?,17-,19?/m0/s1. The summed E-state index contributed by atoms with van der Waals surface area (Å²) in [6, 6.07) is 3.83. The van der Waals surface area contributed by atoms with Gasteiger partial charge in [-0.3, -0.25) is 4.79 Å². The Morgan fingerprint density at radius 3 is 2.30 bits per heavy atom. The first kappa shape index (κ1) is 27.2. The Morgan fingerprint density at radius 1 is 1.18 bits per heavy atom. The third-order valence-corrected chi connectivity index (χ3v) is 7.03. The number of carbonyl (C=O) groups is 1.